The molecular weight excluding hydrogens is 344 g/mol. The highest BCUT2D eigenvalue weighted by Crippen LogP contribution is 2.25. The number of benzene rings is 1. The molecule has 1 fully saturated rings. The molecular formula is C20H26N4O3. The van der Waals surface area contributed by atoms with Crippen LogP contribution in [0.1, 0.15) is 31.2 Å². The molecule has 1 saturated heterocycles. The van der Waals surface area contributed by atoms with Crippen molar-refractivity contribution in [2.75, 3.05) is 25.0 Å². The Morgan fingerprint density at radius 2 is 2.00 bits per heavy atom. The van der Waals surface area contributed by atoms with Crippen molar-refractivity contribution < 1.29 is 14.3 Å². The minimum Gasteiger partial charge on any atom is -0.450 e. The first-order chi connectivity index (χ1) is 13.0. The Hall–Kier alpha value is -2.83. The van der Waals surface area contributed by atoms with Gasteiger partial charge in [0.15, 0.2) is 0 Å². The zero-order chi connectivity index (χ0) is 19.4. The van der Waals surface area contributed by atoms with Crippen LogP contribution in [0.15, 0.2) is 30.3 Å². The molecule has 2 amide bonds. The zero-order valence-electron chi connectivity index (χ0n) is 16.1. The summed E-state index contributed by atoms with van der Waals surface area (Å²) in [5.74, 6) is -0.329. The molecule has 2 heterocycles. The largest absolute Gasteiger partial charge is 0.450 e. The third kappa shape index (κ3) is 4.13. The molecule has 1 aromatic heterocycles. The lowest BCUT2D eigenvalue weighted by atomic mass is 9.97. The van der Waals surface area contributed by atoms with Crippen molar-refractivity contribution in [2.24, 2.45) is 5.92 Å². The summed E-state index contributed by atoms with van der Waals surface area (Å²) >= 11 is 0. The van der Waals surface area contributed by atoms with Gasteiger partial charge in [0, 0.05) is 13.1 Å². The number of piperidine rings is 1. The van der Waals surface area contributed by atoms with Crippen molar-refractivity contribution in [1.82, 2.24) is 14.7 Å². The molecule has 1 atom stereocenters. The molecule has 144 valence electrons. The number of aryl methyl sites for hydroxylation is 1. The average Bonchev–Trinajstić information content (AvgIpc) is 2.97. The maximum Gasteiger partial charge on any atom is 0.409 e. The number of rotatable bonds is 4. The predicted molar refractivity (Wildman–Crippen MR) is 103 cm³/mol. The van der Waals surface area contributed by atoms with E-state index in [0.29, 0.717) is 19.7 Å². The van der Waals surface area contributed by atoms with Gasteiger partial charge in [-0.25, -0.2) is 9.48 Å². The van der Waals surface area contributed by atoms with E-state index in [1.165, 1.54) is 0 Å². The third-order valence-electron chi connectivity index (χ3n) is 4.86. The maximum atomic E-state index is 12.8. The first-order valence-electron chi connectivity index (χ1n) is 9.35. The van der Waals surface area contributed by atoms with Crippen LogP contribution < -0.4 is 5.32 Å². The number of hydrogen-bond acceptors (Lipinski definition) is 4. The Kier molecular flexibility index (Phi) is 5.78. The fourth-order valence-corrected chi connectivity index (χ4v) is 3.44. The van der Waals surface area contributed by atoms with Crippen molar-refractivity contribution in [2.45, 2.75) is 33.6 Å². The molecule has 7 heteroatoms. The minimum atomic E-state index is -0.348. The number of carbonyl (C=O) groups excluding carboxylic acids is 2. The number of likely N-dealkylation sites (tertiary alicyclic amines) is 1. The van der Waals surface area contributed by atoms with Crippen LogP contribution in [-0.2, 0) is 9.53 Å². The summed E-state index contributed by atoms with van der Waals surface area (Å²) in [7, 11) is 0. The van der Waals surface area contributed by atoms with Gasteiger partial charge in [-0.05, 0) is 45.7 Å². The number of nitrogens with one attached hydrogen (secondary N) is 1. The van der Waals surface area contributed by atoms with Crippen LogP contribution in [-0.4, -0.2) is 46.4 Å². The molecule has 27 heavy (non-hydrogen) atoms. The molecule has 2 aromatic rings. The molecule has 0 spiro atoms. The normalized spacial score (nSPS) is 16.9. The van der Waals surface area contributed by atoms with Crippen LogP contribution in [0.4, 0.5) is 10.5 Å². The number of nitrogens with zero attached hydrogens (tertiary/aromatic N) is 3. The van der Waals surface area contributed by atoms with E-state index < -0.39 is 0 Å². The van der Waals surface area contributed by atoms with E-state index in [1.54, 1.807) is 11.8 Å². The zero-order valence-corrected chi connectivity index (χ0v) is 16.1. The Morgan fingerprint density at radius 3 is 2.70 bits per heavy atom. The monoisotopic (exact) mass is 370 g/mol. The molecule has 7 nitrogen and oxygen atoms in total. The van der Waals surface area contributed by atoms with E-state index in [9.17, 15) is 9.59 Å². The van der Waals surface area contributed by atoms with Gasteiger partial charge in [-0.3, -0.25) is 4.79 Å². The summed E-state index contributed by atoms with van der Waals surface area (Å²) in [6.07, 6.45) is 1.20. The van der Waals surface area contributed by atoms with Gasteiger partial charge < -0.3 is 15.0 Å². The number of ether oxygens (including phenoxy) is 1. The number of carbonyl (C=O) groups is 2. The van der Waals surface area contributed by atoms with Gasteiger partial charge in [0.25, 0.3) is 0 Å². The molecule has 1 aliphatic heterocycles. The van der Waals surface area contributed by atoms with Crippen molar-refractivity contribution in [3.05, 3.63) is 41.7 Å². The smallest absolute Gasteiger partial charge is 0.409 e. The molecule has 0 bridgehead atoms. The second kappa shape index (κ2) is 8.24. The van der Waals surface area contributed by atoms with E-state index in [0.717, 1.165) is 35.6 Å². The fraction of sp³-hybridized carbons (Fsp3) is 0.450. The van der Waals surface area contributed by atoms with E-state index >= 15 is 0 Å². The van der Waals surface area contributed by atoms with Crippen molar-refractivity contribution in [3.8, 4) is 5.69 Å². The van der Waals surface area contributed by atoms with Crippen LogP contribution >= 0.6 is 0 Å². The molecule has 0 saturated carbocycles. The van der Waals surface area contributed by atoms with Gasteiger partial charge in [0.1, 0.15) is 0 Å². The lowest BCUT2D eigenvalue weighted by Crippen LogP contribution is -2.44. The van der Waals surface area contributed by atoms with Gasteiger partial charge in [-0.15, -0.1) is 0 Å². The highest BCUT2D eigenvalue weighted by atomic mass is 16.6. The summed E-state index contributed by atoms with van der Waals surface area (Å²) < 4.78 is 6.89. The van der Waals surface area contributed by atoms with Gasteiger partial charge in [-0.1, -0.05) is 18.2 Å². The second-order valence-electron chi connectivity index (χ2n) is 6.77. The van der Waals surface area contributed by atoms with Crippen molar-refractivity contribution >= 4 is 17.7 Å². The lowest BCUT2D eigenvalue weighted by molar-refractivity contribution is -0.121. The predicted octanol–water partition coefficient (Wildman–Crippen LogP) is 3.30. The Bertz CT molecular complexity index is 816. The van der Waals surface area contributed by atoms with Crippen LogP contribution in [0.3, 0.4) is 0 Å². The molecule has 1 N–H and O–H groups in total. The topological polar surface area (TPSA) is 76.5 Å². The standard InChI is InChI=1S/C20H26N4O3/c1-4-27-20(26)23-12-8-9-16(13-23)19(25)21-18-14(2)22-24(15(18)3)17-10-6-5-7-11-17/h5-7,10-11,16H,4,8-9,12-13H2,1-3H3,(H,21,25). The Labute approximate surface area is 159 Å². The lowest BCUT2D eigenvalue weighted by Gasteiger charge is -2.31. The summed E-state index contributed by atoms with van der Waals surface area (Å²) in [4.78, 5) is 26.4. The Morgan fingerprint density at radius 1 is 1.26 bits per heavy atom. The Balaban J connectivity index is 1.73. The SMILES string of the molecule is CCOC(=O)N1CCCC(C(=O)Nc2c(C)nn(-c3ccccc3)c2C)C1. The minimum absolute atomic E-state index is 0.0807. The number of para-hydroxylation sites is 1. The van der Waals surface area contributed by atoms with Crippen LogP contribution in [0.25, 0.3) is 5.69 Å². The quantitative estimate of drug-likeness (QED) is 0.896. The molecule has 1 aliphatic rings. The first-order valence-corrected chi connectivity index (χ1v) is 9.35. The fourth-order valence-electron chi connectivity index (χ4n) is 3.44. The van der Waals surface area contributed by atoms with E-state index in [1.807, 2.05) is 48.9 Å². The number of aromatic nitrogens is 2. The first kappa shape index (κ1) is 18.9. The van der Waals surface area contributed by atoms with Gasteiger partial charge in [0.05, 0.1) is 35.3 Å². The number of amides is 2. The second-order valence-corrected chi connectivity index (χ2v) is 6.77. The molecule has 1 unspecified atom stereocenters. The van der Waals surface area contributed by atoms with E-state index in [4.69, 9.17) is 4.74 Å². The molecule has 1 aromatic carbocycles. The molecule has 0 aliphatic carbocycles. The van der Waals surface area contributed by atoms with Gasteiger partial charge in [-0.2, -0.15) is 5.10 Å². The number of anilines is 1. The van der Waals surface area contributed by atoms with Crippen LogP contribution in [0.2, 0.25) is 0 Å². The average molecular weight is 370 g/mol. The van der Waals surface area contributed by atoms with Gasteiger partial charge >= 0.3 is 6.09 Å². The molecule has 3 rings (SSSR count). The van der Waals surface area contributed by atoms with Crippen molar-refractivity contribution in [1.29, 1.82) is 0 Å². The highest BCUT2D eigenvalue weighted by molar-refractivity contribution is 5.94. The summed E-state index contributed by atoms with van der Waals surface area (Å²) in [5, 5.41) is 7.59. The summed E-state index contributed by atoms with van der Waals surface area (Å²) in [5.41, 5.74) is 3.33. The summed E-state index contributed by atoms with van der Waals surface area (Å²) in [6.45, 7) is 6.95. The number of hydrogen-bond donors (Lipinski definition) is 1. The van der Waals surface area contributed by atoms with Crippen molar-refractivity contribution in [3.63, 3.8) is 0 Å². The van der Waals surface area contributed by atoms with Gasteiger partial charge in [0.2, 0.25) is 5.91 Å². The van der Waals surface area contributed by atoms with E-state index in [2.05, 4.69) is 10.4 Å². The molecule has 0 radical (unpaired) electrons. The summed E-state index contributed by atoms with van der Waals surface area (Å²) in [6, 6.07) is 9.81. The van der Waals surface area contributed by atoms with Crippen LogP contribution in [0.5, 0.6) is 0 Å². The van der Waals surface area contributed by atoms with Crippen LogP contribution in [0, 0.1) is 19.8 Å². The maximum absolute atomic E-state index is 12.8. The highest BCUT2D eigenvalue weighted by Gasteiger charge is 2.30. The van der Waals surface area contributed by atoms with E-state index in [-0.39, 0.29) is 17.9 Å². The third-order valence-corrected chi connectivity index (χ3v) is 4.86.